The van der Waals surface area contributed by atoms with E-state index in [1.807, 2.05) is 5.38 Å². The number of hydrogen-bond acceptors (Lipinski definition) is 5. The summed E-state index contributed by atoms with van der Waals surface area (Å²) in [5.74, 6) is -1.49. The number of aliphatic carboxylic acids is 1. The van der Waals surface area contributed by atoms with Crippen molar-refractivity contribution in [2.75, 3.05) is 13.7 Å². The molecule has 112 valence electrons. The zero-order valence-electron chi connectivity index (χ0n) is 12.1. The molecule has 7 heteroatoms. The van der Waals surface area contributed by atoms with Gasteiger partial charge in [-0.2, -0.15) is 0 Å². The van der Waals surface area contributed by atoms with E-state index in [2.05, 4.69) is 31.1 Å². The molecule has 0 saturated heterocycles. The number of aromatic nitrogens is 1. The maximum Gasteiger partial charge on any atom is 0.328 e. The lowest BCUT2D eigenvalue weighted by Crippen LogP contribution is -2.44. The summed E-state index contributed by atoms with van der Waals surface area (Å²) in [5, 5.41) is 14.1. The maximum atomic E-state index is 11.8. The van der Waals surface area contributed by atoms with Crippen LogP contribution in [0.25, 0.3) is 0 Å². The molecule has 0 aliphatic heterocycles. The number of carboxylic acids is 1. The summed E-state index contributed by atoms with van der Waals surface area (Å²) in [6.07, 6.45) is 0.0695. The molecule has 0 saturated carbocycles. The molecule has 2 N–H and O–H groups in total. The molecular formula is C13H20N2O4S. The Morgan fingerprint density at radius 2 is 2.15 bits per heavy atom. The van der Waals surface area contributed by atoms with Gasteiger partial charge in [0.15, 0.2) is 6.04 Å². The highest BCUT2D eigenvalue weighted by Gasteiger charge is 2.22. The zero-order chi connectivity index (χ0) is 15.3. The molecule has 0 spiro atoms. The average Bonchev–Trinajstić information content (AvgIpc) is 2.76. The van der Waals surface area contributed by atoms with Crippen molar-refractivity contribution in [1.82, 2.24) is 10.3 Å². The standard InChI is InChI=1S/C13H20N2O4S/c1-13(2,3)12-14-8(7-20-12)5-10(16)15-9(6-19-4)11(17)18/h7,9H,5-6H2,1-4H3,(H,15,16)(H,17,18). The number of carbonyl (C=O) groups excluding carboxylic acids is 1. The van der Waals surface area contributed by atoms with Gasteiger partial charge in [-0.05, 0) is 0 Å². The summed E-state index contributed by atoms with van der Waals surface area (Å²) in [5.41, 5.74) is 0.595. The van der Waals surface area contributed by atoms with Crippen LogP contribution in [0, 0.1) is 0 Å². The van der Waals surface area contributed by atoms with Gasteiger partial charge in [-0.3, -0.25) is 4.79 Å². The van der Waals surface area contributed by atoms with Crippen LogP contribution in [0.3, 0.4) is 0 Å². The molecule has 1 unspecified atom stereocenters. The Labute approximate surface area is 122 Å². The number of amides is 1. The quantitative estimate of drug-likeness (QED) is 0.824. The second-order valence-electron chi connectivity index (χ2n) is 5.48. The largest absolute Gasteiger partial charge is 0.480 e. The number of thiazole rings is 1. The maximum absolute atomic E-state index is 11.8. The third-order valence-corrected chi connectivity index (χ3v) is 3.82. The van der Waals surface area contributed by atoms with Crippen LogP contribution in [0.5, 0.6) is 0 Å². The predicted molar refractivity (Wildman–Crippen MR) is 76.0 cm³/mol. The van der Waals surface area contributed by atoms with E-state index in [0.717, 1.165) is 5.01 Å². The number of nitrogens with one attached hydrogen (secondary N) is 1. The Hall–Kier alpha value is -1.47. The highest BCUT2D eigenvalue weighted by atomic mass is 32.1. The lowest BCUT2D eigenvalue weighted by molar-refractivity contribution is -0.143. The first kappa shape index (κ1) is 16.6. The van der Waals surface area contributed by atoms with E-state index in [-0.39, 0.29) is 24.3 Å². The fraction of sp³-hybridized carbons (Fsp3) is 0.615. The highest BCUT2D eigenvalue weighted by molar-refractivity contribution is 7.09. The second kappa shape index (κ2) is 6.81. The molecule has 0 aliphatic carbocycles. The van der Waals surface area contributed by atoms with Crippen LogP contribution in [0.15, 0.2) is 5.38 Å². The van der Waals surface area contributed by atoms with Crippen LogP contribution < -0.4 is 5.32 Å². The van der Waals surface area contributed by atoms with Gasteiger partial charge in [0.1, 0.15) is 0 Å². The van der Waals surface area contributed by atoms with E-state index in [4.69, 9.17) is 9.84 Å². The zero-order valence-corrected chi connectivity index (χ0v) is 12.9. The summed E-state index contributed by atoms with van der Waals surface area (Å²) in [4.78, 5) is 27.1. The smallest absolute Gasteiger partial charge is 0.328 e. The molecule has 0 fully saturated rings. The Morgan fingerprint density at radius 1 is 1.50 bits per heavy atom. The third-order valence-electron chi connectivity index (χ3n) is 2.50. The van der Waals surface area contributed by atoms with Gasteiger partial charge >= 0.3 is 5.97 Å². The van der Waals surface area contributed by atoms with Crippen molar-refractivity contribution in [3.63, 3.8) is 0 Å². The molecule has 1 atom stereocenters. The Kier molecular flexibility index (Phi) is 5.64. The van der Waals surface area contributed by atoms with Gasteiger partial charge in [0.25, 0.3) is 0 Å². The molecule has 0 bridgehead atoms. The summed E-state index contributed by atoms with van der Waals surface area (Å²) in [6, 6.07) is -1.03. The minimum absolute atomic E-state index is 0.0565. The van der Waals surface area contributed by atoms with E-state index in [1.54, 1.807) is 0 Å². The van der Waals surface area contributed by atoms with Gasteiger partial charge in [0.2, 0.25) is 5.91 Å². The molecular weight excluding hydrogens is 280 g/mol. The fourth-order valence-electron chi connectivity index (χ4n) is 1.48. The first-order chi connectivity index (χ1) is 9.24. The van der Waals surface area contributed by atoms with Gasteiger partial charge in [-0.15, -0.1) is 11.3 Å². The van der Waals surface area contributed by atoms with Gasteiger partial charge in [-0.1, -0.05) is 20.8 Å². The monoisotopic (exact) mass is 300 g/mol. The minimum Gasteiger partial charge on any atom is -0.480 e. The number of nitrogens with zero attached hydrogens (tertiary/aromatic N) is 1. The highest BCUT2D eigenvalue weighted by Crippen LogP contribution is 2.25. The number of methoxy groups -OCH3 is 1. The van der Waals surface area contributed by atoms with Crippen molar-refractivity contribution < 1.29 is 19.4 Å². The first-order valence-electron chi connectivity index (χ1n) is 6.20. The molecule has 6 nitrogen and oxygen atoms in total. The predicted octanol–water partition coefficient (Wildman–Crippen LogP) is 1.20. The summed E-state index contributed by atoms with van der Waals surface area (Å²) in [7, 11) is 1.39. The molecule has 1 aromatic heterocycles. The lowest BCUT2D eigenvalue weighted by atomic mass is 9.98. The van der Waals surface area contributed by atoms with Crippen molar-refractivity contribution in [3.8, 4) is 0 Å². The van der Waals surface area contributed by atoms with Crippen LogP contribution in [0.1, 0.15) is 31.5 Å². The van der Waals surface area contributed by atoms with Crippen molar-refractivity contribution in [2.45, 2.75) is 38.6 Å². The van der Waals surface area contributed by atoms with E-state index >= 15 is 0 Å². The molecule has 0 radical (unpaired) electrons. The first-order valence-corrected chi connectivity index (χ1v) is 7.08. The van der Waals surface area contributed by atoms with Crippen LogP contribution >= 0.6 is 11.3 Å². The fourth-order valence-corrected chi connectivity index (χ4v) is 2.39. The third kappa shape index (κ3) is 4.90. The SMILES string of the molecule is COCC(NC(=O)Cc1csc(C(C)(C)C)n1)C(=O)O. The molecule has 1 amide bonds. The van der Waals surface area contributed by atoms with Crippen molar-refractivity contribution in [2.24, 2.45) is 0 Å². The van der Waals surface area contributed by atoms with Crippen LogP contribution in [0.2, 0.25) is 0 Å². The molecule has 1 rings (SSSR count). The average molecular weight is 300 g/mol. The lowest BCUT2D eigenvalue weighted by Gasteiger charge is -2.14. The normalized spacial score (nSPS) is 13.0. The summed E-state index contributed by atoms with van der Waals surface area (Å²) < 4.78 is 4.76. The van der Waals surface area contributed by atoms with E-state index < -0.39 is 12.0 Å². The molecule has 1 aromatic rings. The van der Waals surface area contributed by atoms with Gasteiger partial charge < -0.3 is 15.2 Å². The van der Waals surface area contributed by atoms with E-state index in [0.29, 0.717) is 5.69 Å². The molecule has 1 heterocycles. The number of carbonyl (C=O) groups is 2. The molecule has 0 aliphatic rings. The van der Waals surface area contributed by atoms with Gasteiger partial charge in [0.05, 0.1) is 23.7 Å². The van der Waals surface area contributed by atoms with Gasteiger partial charge in [0, 0.05) is 17.9 Å². The Bertz CT molecular complexity index is 479. The minimum atomic E-state index is -1.12. The van der Waals surface area contributed by atoms with Crippen LogP contribution in [0.4, 0.5) is 0 Å². The Balaban J connectivity index is 2.62. The summed E-state index contributed by atoms with van der Waals surface area (Å²) in [6.45, 7) is 6.09. The van der Waals surface area contributed by atoms with Crippen molar-refractivity contribution in [1.29, 1.82) is 0 Å². The number of ether oxygens (including phenoxy) is 1. The number of hydrogen-bond donors (Lipinski definition) is 2. The number of carboxylic acid groups (broad SMARTS) is 1. The van der Waals surface area contributed by atoms with Gasteiger partial charge in [-0.25, -0.2) is 9.78 Å². The van der Waals surface area contributed by atoms with Crippen molar-refractivity contribution >= 4 is 23.2 Å². The van der Waals surface area contributed by atoms with Crippen LogP contribution in [-0.4, -0.2) is 41.7 Å². The van der Waals surface area contributed by atoms with Crippen molar-refractivity contribution in [3.05, 3.63) is 16.1 Å². The van der Waals surface area contributed by atoms with E-state index in [1.165, 1.54) is 18.4 Å². The topological polar surface area (TPSA) is 88.5 Å². The van der Waals surface area contributed by atoms with Crippen LogP contribution in [-0.2, 0) is 26.2 Å². The van der Waals surface area contributed by atoms with E-state index in [9.17, 15) is 9.59 Å². The Morgan fingerprint density at radius 3 is 2.60 bits per heavy atom. The molecule has 0 aromatic carbocycles. The summed E-state index contributed by atoms with van der Waals surface area (Å²) >= 11 is 1.50. The molecule has 20 heavy (non-hydrogen) atoms. The number of rotatable bonds is 6. The second-order valence-corrected chi connectivity index (χ2v) is 6.34.